The van der Waals surface area contributed by atoms with Crippen molar-refractivity contribution in [3.05, 3.63) is 65.7 Å². The fourth-order valence-corrected chi connectivity index (χ4v) is 5.96. The first-order valence-corrected chi connectivity index (χ1v) is 14.0. The van der Waals surface area contributed by atoms with Crippen LogP contribution >= 0.6 is 7.60 Å². The van der Waals surface area contributed by atoms with Gasteiger partial charge in [0.15, 0.2) is 0 Å². The number of ether oxygens (including phenoxy) is 2. The van der Waals surface area contributed by atoms with Gasteiger partial charge in [0, 0.05) is 0 Å². The van der Waals surface area contributed by atoms with Crippen molar-refractivity contribution in [1.29, 1.82) is 0 Å². The van der Waals surface area contributed by atoms with Crippen molar-refractivity contribution in [2.45, 2.75) is 65.0 Å². The maximum atomic E-state index is 13.5. The Hall–Kier alpha value is -2.14. The average Bonchev–Trinajstić information content (AvgIpc) is 2.84. The molecule has 6 nitrogen and oxygen atoms in total. The van der Waals surface area contributed by atoms with E-state index in [-0.39, 0.29) is 11.6 Å². The fourth-order valence-electron chi connectivity index (χ4n) is 3.80. The summed E-state index contributed by atoms with van der Waals surface area (Å²) >= 11 is 0. The highest BCUT2D eigenvalue weighted by atomic mass is 31.2. The molecule has 2 aromatic rings. The molecule has 188 valence electrons. The molecule has 2 aromatic carbocycles. The summed E-state index contributed by atoms with van der Waals surface area (Å²) in [7, 11) is -3.16. The van der Waals surface area contributed by atoms with E-state index in [9.17, 15) is 9.36 Å². The van der Waals surface area contributed by atoms with Gasteiger partial charge in [-0.25, -0.2) is 4.79 Å². The van der Waals surface area contributed by atoms with Crippen molar-refractivity contribution < 1.29 is 27.9 Å². The first-order valence-electron chi connectivity index (χ1n) is 12.3. The van der Waals surface area contributed by atoms with Crippen LogP contribution in [-0.2, 0) is 24.8 Å². The maximum absolute atomic E-state index is 13.5. The van der Waals surface area contributed by atoms with Gasteiger partial charge in [0.25, 0.3) is 0 Å². The summed E-state index contributed by atoms with van der Waals surface area (Å²) in [5, 5.41) is 0. The molecule has 7 heteroatoms. The Kier molecular flexibility index (Phi) is 13.0. The highest BCUT2D eigenvalue weighted by Crippen LogP contribution is 2.56. The van der Waals surface area contributed by atoms with Crippen LogP contribution in [0.2, 0.25) is 0 Å². The Morgan fingerprint density at radius 1 is 0.824 bits per heavy atom. The second-order valence-electron chi connectivity index (χ2n) is 8.00. The minimum atomic E-state index is -3.16. The predicted octanol–water partition coefficient (Wildman–Crippen LogP) is 7.07. The molecule has 0 unspecified atom stereocenters. The predicted molar refractivity (Wildman–Crippen MR) is 136 cm³/mol. The maximum Gasteiger partial charge on any atom is 0.338 e. The summed E-state index contributed by atoms with van der Waals surface area (Å²) in [4.78, 5) is 11.7. The van der Waals surface area contributed by atoms with Crippen molar-refractivity contribution in [2.24, 2.45) is 0 Å². The largest absolute Gasteiger partial charge is 0.494 e. The topological polar surface area (TPSA) is 71.1 Å². The zero-order valence-electron chi connectivity index (χ0n) is 20.7. The number of carbonyl (C=O) groups is 1. The van der Waals surface area contributed by atoms with E-state index in [1.807, 2.05) is 32.0 Å². The van der Waals surface area contributed by atoms with E-state index in [1.54, 1.807) is 31.2 Å². The first-order chi connectivity index (χ1) is 16.5. The Morgan fingerprint density at radius 3 is 2.12 bits per heavy atom. The lowest BCUT2D eigenvalue weighted by Gasteiger charge is -2.26. The van der Waals surface area contributed by atoms with Crippen LogP contribution < -0.4 is 4.74 Å². The molecule has 0 saturated heterocycles. The van der Waals surface area contributed by atoms with Crippen LogP contribution in [-0.4, -0.2) is 38.1 Å². The van der Waals surface area contributed by atoms with Crippen molar-refractivity contribution >= 4 is 13.6 Å². The molecule has 0 aromatic heterocycles. The van der Waals surface area contributed by atoms with Gasteiger partial charge in [0.05, 0.1) is 37.6 Å². The second-order valence-corrected chi connectivity index (χ2v) is 10.3. The summed E-state index contributed by atoms with van der Waals surface area (Å²) in [6, 6.07) is 17.2. The molecule has 0 aliphatic carbocycles. The molecule has 1 atom stereocenters. The highest BCUT2D eigenvalue weighted by molar-refractivity contribution is 7.54. The van der Waals surface area contributed by atoms with Gasteiger partial charge in [-0.1, -0.05) is 43.2 Å². The molecule has 0 aliphatic heterocycles. The van der Waals surface area contributed by atoms with Gasteiger partial charge in [0.1, 0.15) is 5.75 Å². The van der Waals surface area contributed by atoms with Gasteiger partial charge < -0.3 is 18.5 Å². The molecular weight excluding hydrogens is 451 g/mol. The van der Waals surface area contributed by atoms with Crippen molar-refractivity contribution in [3.8, 4) is 5.75 Å². The minimum absolute atomic E-state index is 0.121. The lowest BCUT2D eigenvalue weighted by molar-refractivity contribution is 0.0526. The molecule has 0 bridgehead atoms. The summed E-state index contributed by atoms with van der Waals surface area (Å²) in [5.41, 5.74) is 1.63. The number of rotatable bonds is 17. The number of hydrogen-bond donors (Lipinski definition) is 0. The van der Waals surface area contributed by atoms with Crippen LogP contribution in [0.3, 0.4) is 0 Å². The van der Waals surface area contributed by atoms with Gasteiger partial charge in [-0.3, -0.25) is 4.57 Å². The van der Waals surface area contributed by atoms with Gasteiger partial charge >= 0.3 is 13.6 Å². The van der Waals surface area contributed by atoms with E-state index in [2.05, 4.69) is 12.1 Å². The molecular formula is C27H39O6P. The molecule has 0 amide bonds. The highest BCUT2D eigenvalue weighted by Gasteiger charge is 2.34. The Morgan fingerprint density at radius 2 is 1.50 bits per heavy atom. The van der Waals surface area contributed by atoms with Crippen LogP contribution in [0.5, 0.6) is 5.75 Å². The van der Waals surface area contributed by atoms with E-state index >= 15 is 0 Å². The van der Waals surface area contributed by atoms with Crippen LogP contribution in [0.15, 0.2) is 54.6 Å². The third-order valence-corrected chi connectivity index (χ3v) is 8.14. The van der Waals surface area contributed by atoms with Crippen LogP contribution in [0.25, 0.3) is 0 Å². The lowest BCUT2D eigenvalue weighted by atomic mass is 10.0. The minimum Gasteiger partial charge on any atom is -0.494 e. The number of benzene rings is 2. The molecule has 34 heavy (non-hydrogen) atoms. The van der Waals surface area contributed by atoms with E-state index < -0.39 is 7.60 Å². The molecule has 0 spiro atoms. The van der Waals surface area contributed by atoms with E-state index in [0.717, 1.165) is 44.3 Å². The fraction of sp³-hybridized carbons (Fsp3) is 0.519. The Labute approximate surface area is 204 Å². The molecule has 0 aliphatic rings. The van der Waals surface area contributed by atoms with E-state index in [4.69, 9.17) is 18.5 Å². The zero-order valence-corrected chi connectivity index (χ0v) is 21.6. The average molecular weight is 491 g/mol. The summed E-state index contributed by atoms with van der Waals surface area (Å²) in [5.74, 6) is 0.401. The lowest BCUT2D eigenvalue weighted by Crippen LogP contribution is -2.15. The number of esters is 1. The van der Waals surface area contributed by atoms with Gasteiger partial charge in [-0.15, -0.1) is 0 Å². The number of hydrogen-bond acceptors (Lipinski definition) is 6. The Bertz CT molecular complexity index is 858. The molecule has 0 N–H and O–H groups in total. The van der Waals surface area contributed by atoms with E-state index in [0.29, 0.717) is 32.0 Å². The SMILES string of the molecule is CCOC(=O)c1ccc(OCCCCC[C@@H](CCc2ccccc2)P(=O)(OCC)OCC)cc1. The standard InChI is InChI=1S/C27H39O6P/c1-4-30-27(28)24-17-19-25(20-18-24)31-22-12-8-11-15-26(34(29,32-5-2)33-6-3)21-16-23-13-9-7-10-14-23/h7,9-10,13-14,17-20,26H,4-6,8,11-12,15-16,21-22H2,1-3H3/t26-/m0/s1. The number of carbonyl (C=O) groups excluding carboxylic acids is 1. The summed E-state index contributed by atoms with van der Waals surface area (Å²) in [6.07, 6.45) is 5.18. The third-order valence-electron chi connectivity index (χ3n) is 5.49. The molecule has 0 radical (unpaired) electrons. The van der Waals surface area contributed by atoms with E-state index in [1.165, 1.54) is 5.56 Å². The molecule has 0 fully saturated rings. The van der Waals surface area contributed by atoms with Crippen LogP contribution in [0.4, 0.5) is 0 Å². The van der Waals surface area contributed by atoms with Crippen molar-refractivity contribution in [3.63, 3.8) is 0 Å². The Balaban J connectivity index is 1.81. The second kappa shape index (κ2) is 15.7. The summed E-state index contributed by atoms with van der Waals surface area (Å²) < 4.78 is 35.6. The van der Waals surface area contributed by atoms with Crippen LogP contribution in [0.1, 0.15) is 68.8 Å². The number of unbranched alkanes of at least 4 members (excludes halogenated alkanes) is 2. The van der Waals surface area contributed by atoms with Gasteiger partial charge in [-0.05, 0) is 76.3 Å². The smallest absolute Gasteiger partial charge is 0.338 e. The number of aryl methyl sites for hydroxylation is 1. The van der Waals surface area contributed by atoms with Gasteiger partial charge in [0.2, 0.25) is 0 Å². The molecule has 2 rings (SSSR count). The quantitative estimate of drug-likeness (QED) is 0.134. The zero-order chi connectivity index (χ0) is 24.7. The summed E-state index contributed by atoms with van der Waals surface area (Å²) in [6.45, 7) is 7.20. The third kappa shape index (κ3) is 9.61. The van der Waals surface area contributed by atoms with Gasteiger partial charge in [-0.2, -0.15) is 0 Å². The van der Waals surface area contributed by atoms with Crippen LogP contribution in [0, 0.1) is 0 Å². The van der Waals surface area contributed by atoms with Crippen molar-refractivity contribution in [2.75, 3.05) is 26.4 Å². The normalized spacial score (nSPS) is 12.3. The molecule has 0 saturated carbocycles. The van der Waals surface area contributed by atoms with Crippen molar-refractivity contribution in [1.82, 2.24) is 0 Å². The first kappa shape index (κ1) is 28.1. The monoisotopic (exact) mass is 490 g/mol. The molecule has 0 heterocycles.